The molecule has 0 saturated carbocycles. The van der Waals surface area contributed by atoms with Gasteiger partial charge < -0.3 is 19.7 Å². The van der Waals surface area contributed by atoms with Crippen LogP contribution in [0.15, 0.2) is 42.5 Å². The number of amides is 1. The summed E-state index contributed by atoms with van der Waals surface area (Å²) in [6.45, 7) is 4.59. The summed E-state index contributed by atoms with van der Waals surface area (Å²) in [5, 5.41) is 4.06. The Bertz CT molecular complexity index is 1050. The van der Waals surface area contributed by atoms with Crippen LogP contribution in [0.5, 0.6) is 11.5 Å². The van der Waals surface area contributed by atoms with Crippen LogP contribution in [0.3, 0.4) is 0 Å². The van der Waals surface area contributed by atoms with E-state index in [2.05, 4.69) is 45.8 Å². The van der Waals surface area contributed by atoms with E-state index in [9.17, 15) is 4.79 Å². The van der Waals surface area contributed by atoms with E-state index in [4.69, 9.17) is 14.5 Å². The minimum atomic E-state index is -0.112. The quantitative estimate of drug-likeness (QED) is 0.539. The van der Waals surface area contributed by atoms with E-state index < -0.39 is 0 Å². The maximum atomic E-state index is 12.6. The fourth-order valence-electron chi connectivity index (χ4n) is 3.94. The normalized spacial score (nSPS) is 14.2. The fourth-order valence-corrected chi connectivity index (χ4v) is 4.68. The van der Waals surface area contributed by atoms with Crippen molar-refractivity contribution in [2.75, 3.05) is 38.8 Å². The number of ether oxygens (including phenoxy) is 2. The molecule has 1 aliphatic heterocycles. The zero-order valence-electron chi connectivity index (χ0n) is 19.3. The second-order valence-electron chi connectivity index (χ2n) is 8.40. The number of methoxy groups -OCH3 is 2. The topological polar surface area (TPSA) is 76.6 Å². The Labute approximate surface area is 198 Å². The molecule has 1 aromatic heterocycles. The summed E-state index contributed by atoms with van der Waals surface area (Å²) in [6.07, 6.45) is 2.78. The van der Waals surface area contributed by atoms with E-state index in [1.807, 2.05) is 0 Å². The molecule has 0 radical (unpaired) electrons. The molecule has 2 heterocycles. The first-order chi connectivity index (χ1) is 16.0. The predicted molar refractivity (Wildman–Crippen MR) is 131 cm³/mol. The molecule has 0 atom stereocenters. The van der Waals surface area contributed by atoms with Crippen LogP contribution in [0.2, 0.25) is 0 Å². The summed E-state index contributed by atoms with van der Waals surface area (Å²) < 4.78 is 15.1. The van der Waals surface area contributed by atoms with Crippen molar-refractivity contribution in [2.24, 2.45) is 5.92 Å². The molecule has 0 aliphatic carbocycles. The molecule has 1 saturated heterocycles. The van der Waals surface area contributed by atoms with Gasteiger partial charge in [-0.15, -0.1) is 0 Å². The summed E-state index contributed by atoms with van der Waals surface area (Å²) in [7, 11) is 3.15. The third kappa shape index (κ3) is 6.01. The predicted octanol–water partition coefficient (Wildman–Crippen LogP) is 4.10. The van der Waals surface area contributed by atoms with Gasteiger partial charge in [0.05, 0.1) is 14.2 Å². The van der Waals surface area contributed by atoms with Crippen LogP contribution in [0.1, 0.15) is 40.2 Å². The minimum absolute atomic E-state index is 0.112. The highest BCUT2D eigenvalue weighted by Gasteiger charge is 2.22. The molecule has 1 N–H and O–H groups in total. The Kier molecular flexibility index (Phi) is 7.44. The van der Waals surface area contributed by atoms with Gasteiger partial charge in [-0.3, -0.25) is 4.79 Å². The van der Waals surface area contributed by atoms with E-state index in [0.29, 0.717) is 29.5 Å². The Balaban J connectivity index is 1.26. The maximum absolute atomic E-state index is 12.6. The number of nitrogens with zero attached hydrogens (tertiary/aromatic N) is 3. The van der Waals surface area contributed by atoms with E-state index in [1.165, 1.54) is 22.7 Å². The first kappa shape index (κ1) is 23.0. The zero-order chi connectivity index (χ0) is 23.2. The minimum Gasteiger partial charge on any atom is -0.497 e. The average molecular weight is 467 g/mol. The molecule has 1 amide bonds. The van der Waals surface area contributed by atoms with Crippen molar-refractivity contribution in [3.05, 3.63) is 65.0 Å². The van der Waals surface area contributed by atoms with Crippen molar-refractivity contribution in [2.45, 2.75) is 26.2 Å². The zero-order valence-corrected chi connectivity index (χ0v) is 20.2. The summed E-state index contributed by atoms with van der Waals surface area (Å²) >= 11 is 1.47. The van der Waals surface area contributed by atoms with Gasteiger partial charge in [0.25, 0.3) is 5.91 Å². The largest absolute Gasteiger partial charge is 0.497 e. The molecule has 4 rings (SSSR count). The average Bonchev–Trinajstić information content (AvgIpc) is 3.32. The Morgan fingerprint density at radius 2 is 1.76 bits per heavy atom. The van der Waals surface area contributed by atoms with Crippen LogP contribution in [-0.4, -0.2) is 49.1 Å². The van der Waals surface area contributed by atoms with Gasteiger partial charge in [0.15, 0.2) is 0 Å². The first-order valence-electron chi connectivity index (χ1n) is 11.2. The van der Waals surface area contributed by atoms with Gasteiger partial charge in [-0.1, -0.05) is 29.8 Å². The molecule has 8 heteroatoms. The SMILES string of the molecule is COc1cc(OC)cc(C(=O)NCC2CCN(c3nc(Cc4ccc(C)cc4)ns3)CC2)c1. The molecular weight excluding hydrogens is 436 g/mol. The van der Waals surface area contributed by atoms with Crippen molar-refractivity contribution in [3.8, 4) is 11.5 Å². The molecule has 7 nitrogen and oxygen atoms in total. The van der Waals surface area contributed by atoms with Gasteiger partial charge in [-0.25, -0.2) is 4.98 Å². The van der Waals surface area contributed by atoms with Crippen LogP contribution in [0.25, 0.3) is 0 Å². The van der Waals surface area contributed by atoms with E-state index in [0.717, 1.165) is 43.3 Å². The third-order valence-electron chi connectivity index (χ3n) is 5.99. The Morgan fingerprint density at radius 3 is 2.39 bits per heavy atom. The van der Waals surface area contributed by atoms with Crippen LogP contribution in [0, 0.1) is 12.8 Å². The number of anilines is 1. The first-order valence-corrected chi connectivity index (χ1v) is 12.0. The lowest BCUT2D eigenvalue weighted by atomic mass is 9.97. The lowest BCUT2D eigenvalue weighted by Gasteiger charge is -2.31. The van der Waals surface area contributed by atoms with Crippen molar-refractivity contribution < 1.29 is 14.3 Å². The number of aryl methyl sites for hydroxylation is 1. The molecule has 3 aromatic rings. The number of carbonyl (C=O) groups excluding carboxylic acids is 1. The van der Waals surface area contributed by atoms with E-state index in [-0.39, 0.29) is 5.91 Å². The second-order valence-corrected chi connectivity index (χ2v) is 9.13. The summed E-state index contributed by atoms with van der Waals surface area (Å²) in [4.78, 5) is 19.7. The van der Waals surface area contributed by atoms with E-state index in [1.54, 1.807) is 32.4 Å². The summed E-state index contributed by atoms with van der Waals surface area (Å²) in [5.74, 6) is 2.41. The van der Waals surface area contributed by atoms with Gasteiger partial charge in [0.2, 0.25) is 5.13 Å². The molecule has 0 unspecified atom stereocenters. The number of benzene rings is 2. The number of piperidine rings is 1. The maximum Gasteiger partial charge on any atom is 0.251 e. The number of hydrogen-bond donors (Lipinski definition) is 1. The third-order valence-corrected chi connectivity index (χ3v) is 6.81. The summed E-state index contributed by atoms with van der Waals surface area (Å²) in [5.41, 5.74) is 3.03. The molecule has 174 valence electrons. The molecule has 33 heavy (non-hydrogen) atoms. The number of rotatable bonds is 8. The highest BCUT2D eigenvalue weighted by atomic mass is 32.1. The Morgan fingerprint density at radius 1 is 1.09 bits per heavy atom. The molecular formula is C25H30N4O3S. The summed E-state index contributed by atoms with van der Waals surface area (Å²) in [6, 6.07) is 13.7. The van der Waals surface area contributed by atoms with Gasteiger partial charge in [0.1, 0.15) is 17.3 Å². The van der Waals surface area contributed by atoms with Gasteiger partial charge in [-0.05, 0) is 43.4 Å². The van der Waals surface area contributed by atoms with Gasteiger partial charge >= 0.3 is 0 Å². The van der Waals surface area contributed by atoms with Crippen molar-refractivity contribution in [3.63, 3.8) is 0 Å². The second kappa shape index (κ2) is 10.7. The number of carbonyl (C=O) groups is 1. The van der Waals surface area contributed by atoms with Crippen LogP contribution in [0.4, 0.5) is 5.13 Å². The van der Waals surface area contributed by atoms with Crippen LogP contribution in [-0.2, 0) is 6.42 Å². The van der Waals surface area contributed by atoms with E-state index >= 15 is 0 Å². The monoisotopic (exact) mass is 466 g/mol. The highest BCUT2D eigenvalue weighted by Crippen LogP contribution is 2.26. The molecule has 0 spiro atoms. The van der Waals surface area contributed by atoms with Crippen LogP contribution >= 0.6 is 11.5 Å². The van der Waals surface area contributed by atoms with Crippen LogP contribution < -0.4 is 19.7 Å². The smallest absolute Gasteiger partial charge is 0.251 e. The Hall–Kier alpha value is -3.13. The molecule has 2 aromatic carbocycles. The van der Waals surface area contributed by atoms with Crippen molar-refractivity contribution in [1.82, 2.24) is 14.7 Å². The van der Waals surface area contributed by atoms with Crippen molar-refractivity contribution >= 4 is 22.6 Å². The number of nitrogens with one attached hydrogen (secondary N) is 1. The molecule has 0 bridgehead atoms. The lowest BCUT2D eigenvalue weighted by Crippen LogP contribution is -2.38. The van der Waals surface area contributed by atoms with Crippen molar-refractivity contribution in [1.29, 1.82) is 0 Å². The number of aromatic nitrogens is 2. The lowest BCUT2D eigenvalue weighted by molar-refractivity contribution is 0.0944. The standard InChI is InChI=1S/C25H30N4O3S/c1-17-4-6-18(7-5-17)12-23-27-25(33-28-23)29-10-8-19(9-11-29)16-26-24(30)20-13-21(31-2)15-22(14-20)32-3/h4-7,13-15,19H,8-12,16H2,1-3H3,(H,26,30). The van der Waals surface area contributed by atoms with Gasteiger partial charge in [-0.2, -0.15) is 4.37 Å². The number of hydrogen-bond acceptors (Lipinski definition) is 7. The fraction of sp³-hybridized carbons (Fsp3) is 0.400. The molecule has 1 aliphatic rings. The highest BCUT2D eigenvalue weighted by molar-refractivity contribution is 7.09. The molecule has 1 fully saturated rings. The van der Waals surface area contributed by atoms with Gasteiger partial charge in [0, 0.05) is 49.2 Å².